The van der Waals surface area contributed by atoms with E-state index in [0.717, 1.165) is 30.0 Å². The van der Waals surface area contributed by atoms with E-state index in [0.29, 0.717) is 16.6 Å². The first-order chi connectivity index (χ1) is 13.1. The van der Waals surface area contributed by atoms with E-state index >= 15 is 0 Å². The quantitative estimate of drug-likeness (QED) is 0.735. The fourth-order valence-electron chi connectivity index (χ4n) is 3.47. The Bertz CT molecular complexity index is 792. The van der Waals surface area contributed by atoms with Crippen LogP contribution in [0.15, 0.2) is 42.5 Å². The summed E-state index contributed by atoms with van der Waals surface area (Å²) in [7, 11) is 1.67. The third-order valence-corrected chi connectivity index (χ3v) is 5.64. The molecular formula is C21H24Cl2N2O2. The minimum atomic E-state index is -0.0273. The van der Waals surface area contributed by atoms with E-state index in [1.54, 1.807) is 19.2 Å². The normalized spacial score (nSPS) is 15.5. The lowest BCUT2D eigenvalue weighted by atomic mass is 10.0. The number of amides is 1. The lowest BCUT2D eigenvalue weighted by molar-refractivity contribution is -0.120. The number of benzene rings is 2. The molecule has 2 aromatic carbocycles. The van der Waals surface area contributed by atoms with E-state index in [4.69, 9.17) is 27.9 Å². The van der Waals surface area contributed by atoms with Crippen molar-refractivity contribution in [2.45, 2.75) is 25.3 Å². The molecule has 2 aromatic rings. The zero-order chi connectivity index (χ0) is 19.2. The summed E-state index contributed by atoms with van der Waals surface area (Å²) in [6.07, 6.45) is 2.66. The van der Waals surface area contributed by atoms with Gasteiger partial charge in [0.25, 0.3) is 0 Å². The number of methoxy groups -OCH3 is 1. The Morgan fingerprint density at radius 2 is 1.93 bits per heavy atom. The number of nitrogens with one attached hydrogen (secondary N) is 1. The van der Waals surface area contributed by atoms with Gasteiger partial charge in [-0.2, -0.15) is 0 Å². The highest BCUT2D eigenvalue weighted by Gasteiger charge is 2.24. The summed E-state index contributed by atoms with van der Waals surface area (Å²) in [6.45, 7) is 2.66. The number of halogens is 2. The second-order valence-electron chi connectivity index (χ2n) is 6.76. The molecule has 3 rings (SSSR count). The van der Waals surface area contributed by atoms with E-state index in [1.807, 2.05) is 24.3 Å². The molecule has 1 atom stereocenters. The van der Waals surface area contributed by atoms with Gasteiger partial charge in [-0.3, -0.25) is 9.69 Å². The molecule has 6 heteroatoms. The molecule has 1 heterocycles. The van der Waals surface area contributed by atoms with Gasteiger partial charge in [-0.1, -0.05) is 41.4 Å². The van der Waals surface area contributed by atoms with Gasteiger partial charge < -0.3 is 10.1 Å². The van der Waals surface area contributed by atoms with Gasteiger partial charge in [0.05, 0.1) is 29.6 Å². The Labute approximate surface area is 170 Å². The summed E-state index contributed by atoms with van der Waals surface area (Å²) in [5.41, 5.74) is 2.01. The monoisotopic (exact) mass is 406 g/mol. The van der Waals surface area contributed by atoms with Crippen molar-refractivity contribution in [1.82, 2.24) is 10.2 Å². The Morgan fingerprint density at radius 1 is 1.15 bits per heavy atom. The molecule has 0 radical (unpaired) electrons. The minimum absolute atomic E-state index is 0.0273. The van der Waals surface area contributed by atoms with Gasteiger partial charge in [0.1, 0.15) is 5.75 Å². The Hall–Kier alpha value is -1.75. The van der Waals surface area contributed by atoms with Crippen molar-refractivity contribution in [3.8, 4) is 5.75 Å². The number of nitrogens with zero attached hydrogens (tertiary/aromatic N) is 1. The van der Waals surface area contributed by atoms with Gasteiger partial charge in [-0.15, -0.1) is 0 Å². The predicted molar refractivity (Wildman–Crippen MR) is 110 cm³/mol. The van der Waals surface area contributed by atoms with Gasteiger partial charge in [-0.05, 0) is 61.3 Å². The number of hydrogen-bond acceptors (Lipinski definition) is 3. The van der Waals surface area contributed by atoms with E-state index < -0.39 is 0 Å². The van der Waals surface area contributed by atoms with E-state index in [9.17, 15) is 4.79 Å². The number of hydrogen-bond donors (Lipinski definition) is 1. The lowest BCUT2D eigenvalue weighted by Gasteiger charge is -2.28. The smallest absolute Gasteiger partial charge is 0.224 e. The number of rotatable bonds is 7. The second kappa shape index (κ2) is 9.45. The molecule has 1 aliphatic heterocycles. The second-order valence-corrected chi connectivity index (χ2v) is 7.58. The Kier molecular flexibility index (Phi) is 7.00. The summed E-state index contributed by atoms with van der Waals surface area (Å²) in [4.78, 5) is 14.9. The van der Waals surface area contributed by atoms with Crippen molar-refractivity contribution in [2.24, 2.45) is 0 Å². The number of carbonyl (C=O) groups excluding carboxylic acids is 1. The maximum absolute atomic E-state index is 12.5. The summed E-state index contributed by atoms with van der Waals surface area (Å²) in [5, 5.41) is 4.04. The van der Waals surface area contributed by atoms with Gasteiger partial charge in [0, 0.05) is 6.54 Å². The molecule has 1 aliphatic rings. The largest absolute Gasteiger partial charge is 0.497 e. The summed E-state index contributed by atoms with van der Waals surface area (Å²) < 4.78 is 5.36. The van der Waals surface area contributed by atoms with Crippen LogP contribution in [0.3, 0.4) is 0 Å². The third kappa shape index (κ3) is 5.38. The van der Waals surface area contributed by atoms with E-state index in [2.05, 4.69) is 16.3 Å². The van der Waals surface area contributed by atoms with Gasteiger partial charge in [0.15, 0.2) is 0 Å². The van der Waals surface area contributed by atoms with Crippen molar-refractivity contribution in [2.75, 3.05) is 26.7 Å². The van der Waals surface area contributed by atoms with Crippen LogP contribution in [-0.4, -0.2) is 37.6 Å². The molecule has 1 saturated heterocycles. The molecule has 0 bridgehead atoms. The van der Waals surface area contributed by atoms with Crippen LogP contribution in [0, 0.1) is 0 Å². The van der Waals surface area contributed by atoms with Crippen LogP contribution in [0.5, 0.6) is 5.75 Å². The molecule has 4 nitrogen and oxygen atoms in total. The summed E-state index contributed by atoms with van der Waals surface area (Å²) in [5.74, 6) is 0.805. The SMILES string of the molecule is COc1cccc([C@@H](CNC(=O)Cc2ccc(Cl)c(Cl)c2)N2CCCC2)c1. The number of ether oxygens (including phenoxy) is 1. The highest BCUT2D eigenvalue weighted by Crippen LogP contribution is 2.27. The molecule has 1 fully saturated rings. The van der Waals surface area contributed by atoms with Crippen molar-refractivity contribution < 1.29 is 9.53 Å². The molecule has 0 saturated carbocycles. The number of likely N-dealkylation sites (tertiary alicyclic amines) is 1. The highest BCUT2D eigenvalue weighted by atomic mass is 35.5. The van der Waals surface area contributed by atoms with E-state index in [1.165, 1.54) is 12.8 Å². The molecule has 0 aliphatic carbocycles. The zero-order valence-electron chi connectivity index (χ0n) is 15.4. The number of carbonyl (C=O) groups is 1. The van der Waals surface area contributed by atoms with Crippen LogP contribution >= 0.6 is 23.2 Å². The maximum Gasteiger partial charge on any atom is 0.224 e. The van der Waals surface area contributed by atoms with Gasteiger partial charge >= 0.3 is 0 Å². The fraction of sp³-hybridized carbons (Fsp3) is 0.381. The first-order valence-corrected chi connectivity index (χ1v) is 9.91. The average molecular weight is 407 g/mol. The van der Waals surface area contributed by atoms with Crippen molar-refractivity contribution in [3.05, 3.63) is 63.6 Å². The first-order valence-electron chi connectivity index (χ1n) is 9.15. The molecule has 0 spiro atoms. The standard InChI is InChI=1S/C21H24Cl2N2O2/c1-27-17-6-4-5-16(13-17)20(25-9-2-3-10-25)14-24-21(26)12-15-7-8-18(22)19(23)11-15/h4-8,11,13,20H,2-3,9-10,12,14H2,1H3,(H,24,26)/t20-/m1/s1. The van der Waals surface area contributed by atoms with E-state index in [-0.39, 0.29) is 18.4 Å². The predicted octanol–water partition coefficient (Wildman–Crippen LogP) is 4.50. The van der Waals surface area contributed by atoms with Gasteiger partial charge in [0.2, 0.25) is 5.91 Å². The average Bonchev–Trinajstić information content (AvgIpc) is 3.19. The zero-order valence-corrected chi connectivity index (χ0v) is 16.9. The van der Waals surface area contributed by atoms with Crippen LogP contribution < -0.4 is 10.1 Å². The summed E-state index contributed by atoms with van der Waals surface area (Å²) >= 11 is 12.0. The first kappa shape index (κ1) is 20.0. The maximum atomic E-state index is 12.5. The highest BCUT2D eigenvalue weighted by molar-refractivity contribution is 6.42. The van der Waals surface area contributed by atoms with Crippen LogP contribution in [0.1, 0.15) is 30.0 Å². The van der Waals surface area contributed by atoms with Crippen molar-refractivity contribution in [1.29, 1.82) is 0 Å². The van der Waals surface area contributed by atoms with Crippen molar-refractivity contribution >= 4 is 29.1 Å². The van der Waals surface area contributed by atoms with Crippen LogP contribution in [-0.2, 0) is 11.2 Å². The lowest BCUT2D eigenvalue weighted by Crippen LogP contribution is -2.37. The molecule has 144 valence electrons. The molecular weight excluding hydrogens is 383 g/mol. The minimum Gasteiger partial charge on any atom is -0.497 e. The molecule has 0 aromatic heterocycles. The fourth-order valence-corrected chi connectivity index (χ4v) is 3.79. The van der Waals surface area contributed by atoms with Crippen molar-refractivity contribution in [3.63, 3.8) is 0 Å². The van der Waals surface area contributed by atoms with Crippen LogP contribution in [0.4, 0.5) is 0 Å². The molecule has 1 amide bonds. The van der Waals surface area contributed by atoms with Gasteiger partial charge in [-0.25, -0.2) is 0 Å². The molecule has 0 unspecified atom stereocenters. The Morgan fingerprint density at radius 3 is 2.63 bits per heavy atom. The van der Waals surface area contributed by atoms with Crippen LogP contribution in [0.2, 0.25) is 10.0 Å². The molecule has 27 heavy (non-hydrogen) atoms. The third-order valence-electron chi connectivity index (χ3n) is 4.90. The topological polar surface area (TPSA) is 41.6 Å². The molecule has 1 N–H and O–H groups in total. The van der Waals surface area contributed by atoms with Crippen LogP contribution in [0.25, 0.3) is 0 Å². The Balaban J connectivity index is 1.66. The summed E-state index contributed by atoms with van der Waals surface area (Å²) in [6, 6.07) is 13.5.